The first-order valence-electron chi connectivity index (χ1n) is 3.69. The Bertz CT molecular complexity index is 292. The molecule has 0 bridgehead atoms. The molecular weight excluding hydrogens is 155 g/mol. The Morgan fingerprint density at radius 1 is 1.50 bits per heavy atom. The third-order valence-electron chi connectivity index (χ3n) is 1.57. The van der Waals surface area contributed by atoms with Gasteiger partial charge in [-0.2, -0.15) is 0 Å². The van der Waals surface area contributed by atoms with E-state index in [1.807, 2.05) is 13.0 Å². The molecule has 0 N–H and O–H groups in total. The number of hydrogen-bond acceptors (Lipinski definition) is 1. The average Bonchev–Trinajstić information content (AvgIpc) is 2.05. The summed E-state index contributed by atoms with van der Waals surface area (Å²) >= 11 is 0. The minimum atomic E-state index is -0.226. The molecule has 0 saturated heterocycles. The smallest absolute Gasteiger partial charge is 0.123 e. The summed E-state index contributed by atoms with van der Waals surface area (Å²) in [4.78, 5) is 0. The highest BCUT2D eigenvalue weighted by molar-refractivity contribution is 5.62. The minimum Gasteiger partial charge on any atom is -0.504 e. The Balaban J connectivity index is 2.95. The maximum Gasteiger partial charge on any atom is 0.123 e. The van der Waals surface area contributed by atoms with Gasteiger partial charge in [-0.25, -0.2) is 4.39 Å². The Labute approximate surface area is 71.5 Å². The molecule has 0 unspecified atom stereocenters. The lowest BCUT2D eigenvalue weighted by Crippen LogP contribution is -1.82. The van der Waals surface area contributed by atoms with Crippen LogP contribution in [0.1, 0.15) is 12.5 Å². The van der Waals surface area contributed by atoms with Crippen molar-refractivity contribution in [3.05, 3.63) is 41.9 Å². The van der Waals surface area contributed by atoms with Crippen LogP contribution in [0.5, 0.6) is 0 Å². The van der Waals surface area contributed by atoms with Crippen molar-refractivity contribution in [2.45, 2.75) is 6.92 Å². The van der Waals surface area contributed by atoms with Gasteiger partial charge in [-0.15, -0.1) is 0 Å². The van der Waals surface area contributed by atoms with Crippen LogP contribution in [-0.4, -0.2) is 7.11 Å². The van der Waals surface area contributed by atoms with E-state index in [2.05, 4.69) is 0 Å². The fourth-order valence-corrected chi connectivity index (χ4v) is 0.979. The fourth-order valence-electron chi connectivity index (χ4n) is 0.979. The zero-order valence-electron chi connectivity index (χ0n) is 7.17. The molecule has 0 aliphatic carbocycles. The standard InChI is InChI=1S/C10H11FO/c1-8(7-12-2)9-4-3-5-10(11)6-9/h3-7H,1-2H3/b8-7+. The van der Waals surface area contributed by atoms with Gasteiger partial charge in [-0.3, -0.25) is 0 Å². The predicted octanol–water partition coefficient (Wildman–Crippen LogP) is 2.83. The van der Waals surface area contributed by atoms with Crippen molar-refractivity contribution in [2.24, 2.45) is 0 Å². The van der Waals surface area contributed by atoms with Gasteiger partial charge in [0.05, 0.1) is 13.4 Å². The van der Waals surface area contributed by atoms with E-state index in [0.29, 0.717) is 0 Å². The van der Waals surface area contributed by atoms with Gasteiger partial charge in [-0.1, -0.05) is 12.1 Å². The molecule has 1 rings (SSSR count). The molecule has 0 aliphatic rings. The molecule has 1 aromatic carbocycles. The third kappa shape index (κ3) is 2.09. The summed E-state index contributed by atoms with van der Waals surface area (Å²) in [6.07, 6.45) is 1.59. The first-order chi connectivity index (χ1) is 5.74. The molecule has 0 fully saturated rings. The van der Waals surface area contributed by atoms with Gasteiger partial charge in [0.1, 0.15) is 5.82 Å². The Hall–Kier alpha value is -1.31. The zero-order chi connectivity index (χ0) is 8.97. The number of halogens is 1. The lowest BCUT2D eigenvalue weighted by molar-refractivity contribution is 0.339. The van der Waals surface area contributed by atoms with Gasteiger partial charge in [0.15, 0.2) is 0 Å². The van der Waals surface area contributed by atoms with Gasteiger partial charge in [-0.05, 0) is 30.2 Å². The van der Waals surface area contributed by atoms with Gasteiger partial charge in [0.2, 0.25) is 0 Å². The molecule has 2 heteroatoms. The average molecular weight is 166 g/mol. The van der Waals surface area contributed by atoms with Gasteiger partial charge in [0, 0.05) is 0 Å². The van der Waals surface area contributed by atoms with Crippen LogP contribution in [0.15, 0.2) is 30.5 Å². The normalized spacial score (nSPS) is 11.4. The Kier molecular flexibility index (Phi) is 2.86. The Morgan fingerprint density at radius 2 is 2.25 bits per heavy atom. The van der Waals surface area contributed by atoms with E-state index in [1.54, 1.807) is 19.4 Å². The van der Waals surface area contributed by atoms with Crippen molar-refractivity contribution in [3.8, 4) is 0 Å². The number of hydrogen-bond donors (Lipinski definition) is 0. The SMILES string of the molecule is CO/C=C(\C)c1cccc(F)c1. The van der Waals surface area contributed by atoms with Crippen molar-refractivity contribution in [1.82, 2.24) is 0 Å². The number of ether oxygens (including phenoxy) is 1. The first kappa shape index (κ1) is 8.78. The summed E-state index contributed by atoms with van der Waals surface area (Å²) in [5.74, 6) is -0.226. The van der Waals surface area contributed by atoms with Crippen molar-refractivity contribution in [3.63, 3.8) is 0 Å². The number of rotatable bonds is 2. The van der Waals surface area contributed by atoms with Crippen LogP contribution in [0.3, 0.4) is 0 Å². The quantitative estimate of drug-likeness (QED) is 0.614. The summed E-state index contributed by atoms with van der Waals surface area (Å²) in [7, 11) is 1.57. The summed E-state index contributed by atoms with van der Waals surface area (Å²) < 4.78 is 17.5. The lowest BCUT2D eigenvalue weighted by Gasteiger charge is -2.00. The summed E-state index contributed by atoms with van der Waals surface area (Å²) in [5.41, 5.74) is 1.76. The van der Waals surface area contributed by atoms with Gasteiger partial charge >= 0.3 is 0 Å². The van der Waals surface area contributed by atoms with Crippen molar-refractivity contribution in [2.75, 3.05) is 7.11 Å². The van der Waals surface area contributed by atoms with Crippen molar-refractivity contribution in [1.29, 1.82) is 0 Å². The molecule has 64 valence electrons. The highest BCUT2D eigenvalue weighted by Gasteiger charge is 1.96. The molecule has 0 aliphatic heterocycles. The van der Waals surface area contributed by atoms with Crippen LogP contribution < -0.4 is 0 Å². The molecule has 0 atom stereocenters. The summed E-state index contributed by atoms with van der Waals surface area (Å²) in [6, 6.07) is 6.42. The summed E-state index contributed by atoms with van der Waals surface area (Å²) in [6.45, 7) is 1.87. The molecule has 0 heterocycles. The third-order valence-corrected chi connectivity index (χ3v) is 1.57. The molecule has 1 nitrogen and oxygen atoms in total. The minimum absolute atomic E-state index is 0.226. The number of benzene rings is 1. The molecule has 0 saturated carbocycles. The summed E-state index contributed by atoms with van der Waals surface area (Å²) in [5, 5.41) is 0. The van der Waals surface area contributed by atoms with Crippen LogP contribution in [0.2, 0.25) is 0 Å². The van der Waals surface area contributed by atoms with Crippen LogP contribution in [0.25, 0.3) is 5.57 Å². The van der Waals surface area contributed by atoms with Crippen molar-refractivity contribution < 1.29 is 9.13 Å². The van der Waals surface area contributed by atoms with E-state index in [9.17, 15) is 4.39 Å². The second-order valence-corrected chi connectivity index (χ2v) is 2.55. The van der Waals surface area contributed by atoms with Crippen LogP contribution >= 0.6 is 0 Å². The molecule has 12 heavy (non-hydrogen) atoms. The molecule has 0 amide bonds. The monoisotopic (exact) mass is 166 g/mol. The molecule has 1 aromatic rings. The topological polar surface area (TPSA) is 9.23 Å². The van der Waals surface area contributed by atoms with Crippen LogP contribution in [0, 0.1) is 5.82 Å². The van der Waals surface area contributed by atoms with E-state index >= 15 is 0 Å². The maximum atomic E-state index is 12.7. The number of allylic oxidation sites excluding steroid dienone is 1. The fraction of sp³-hybridized carbons (Fsp3) is 0.200. The van der Waals surface area contributed by atoms with Crippen molar-refractivity contribution >= 4 is 5.57 Å². The predicted molar refractivity (Wildman–Crippen MR) is 47.1 cm³/mol. The van der Waals surface area contributed by atoms with E-state index in [1.165, 1.54) is 12.1 Å². The Morgan fingerprint density at radius 3 is 2.83 bits per heavy atom. The largest absolute Gasteiger partial charge is 0.504 e. The van der Waals surface area contributed by atoms with E-state index < -0.39 is 0 Å². The second-order valence-electron chi connectivity index (χ2n) is 2.55. The molecule has 0 spiro atoms. The highest BCUT2D eigenvalue weighted by Crippen LogP contribution is 2.14. The second kappa shape index (κ2) is 3.90. The lowest BCUT2D eigenvalue weighted by atomic mass is 10.1. The van der Waals surface area contributed by atoms with Gasteiger partial charge < -0.3 is 4.74 Å². The van der Waals surface area contributed by atoms with E-state index in [-0.39, 0.29) is 5.82 Å². The van der Waals surface area contributed by atoms with E-state index in [0.717, 1.165) is 11.1 Å². The zero-order valence-corrected chi connectivity index (χ0v) is 7.17. The van der Waals surface area contributed by atoms with Crippen LogP contribution in [0.4, 0.5) is 4.39 Å². The maximum absolute atomic E-state index is 12.7. The first-order valence-corrected chi connectivity index (χ1v) is 3.69. The molecule has 0 aromatic heterocycles. The van der Waals surface area contributed by atoms with E-state index in [4.69, 9.17) is 4.74 Å². The number of methoxy groups -OCH3 is 1. The molecule has 0 radical (unpaired) electrons. The molecular formula is C10H11FO. The van der Waals surface area contributed by atoms with Gasteiger partial charge in [0.25, 0.3) is 0 Å². The highest BCUT2D eigenvalue weighted by atomic mass is 19.1. The van der Waals surface area contributed by atoms with Crippen LogP contribution in [-0.2, 0) is 4.74 Å².